The highest BCUT2D eigenvalue weighted by atomic mass is 32.1. The van der Waals surface area contributed by atoms with Gasteiger partial charge in [-0.1, -0.05) is 12.8 Å². The summed E-state index contributed by atoms with van der Waals surface area (Å²) in [5.74, 6) is 0.343. The zero-order chi connectivity index (χ0) is 16.4. The molecule has 3 N–H and O–H groups in total. The number of aryl methyl sites for hydroxylation is 1. The van der Waals surface area contributed by atoms with Gasteiger partial charge >= 0.3 is 0 Å². The van der Waals surface area contributed by atoms with E-state index in [-0.39, 0.29) is 17.7 Å². The van der Waals surface area contributed by atoms with Gasteiger partial charge in [0, 0.05) is 12.5 Å². The second kappa shape index (κ2) is 7.01. The Morgan fingerprint density at radius 3 is 2.65 bits per heavy atom. The minimum absolute atomic E-state index is 0.0508. The maximum atomic E-state index is 12.3. The molecule has 1 aromatic heterocycles. The molecule has 1 unspecified atom stereocenters. The molecule has 0 bridgehead atoms. The molecule has 0 aromatic carbocycles. The van der Waals surface area contributed by atoms with Crippen LogP contribution in [0, 0.1) is 18.8 Å². The summed E-state index contributed by atoms with van der Waals surface area (Å²) in [5.41, 5.74) is 0.856. The molecule has 0 spiro atoms. The van der Waals surface area contributed by atoms with Gasteiger partial charge in [0.2, 0.25) is 5.91 Å². The Labute approximate surface area is 140 Å². The van der Waals surface area contributed by atoms with Gasteiger partial charge in [0.1, 0.15) is 0 Å². The topological polar surface area (TPSA) is 78.4 Å². The van der Waals surface area contributed by atoms with E-state index in [1.54, 1.807) is 0 Å². The van der Waals surface area contributed by atoms with Gasteiger partial charge in [-0.25, -0.2) is 0 Å². The van der Waals surface area contributed by atoms with Gasteiger partial charge in [0.25, 0.3) is 5.91 Å². The zero-order valence-electron chi connectivity index (χ0n) is 13.4. The van der Waals surface area contributed by atoms with Crippen LogP contribution in [0.2, 0.25) is 0 Å². The van der Waals surface area contributed by atoms with E-state index >= 15 is 0 Å². The number of hydrogen-bond acceptors (Lipinski definition) is 4. The van der Waals surface area contributed by atoms with Crippen molar-refractivity contribution in [3.8, 4) is 0 Å². The van der Waals surface area contributed by atoms with Crippen LogP contribution in [0.3, 0.4) is 0 Å². The lowest BCUT2D eigenvalue weighted by Gasteiger charge is -2.17. The first-order chi connectivity index (χ1) is 11.0. The van der Waals surface area contributed by atoms with Crippen LogP contribution in [0.25, 0.3) is 0 Å². The van der Waals surface area contributed by atoms with Crippen molar-refractivity contribution >= 4 is 28.2 Å². The summed E-state index contributed by atoms with van der Waals surface area (Å²) in [7, 11) is 0. The van der Waals surface area contributed by atoms with E-state index in [4.69, 9.17) is 0 Å². The number of rotatable bonds is 6. The predicted octanol–water partition coefficient (Wildman–Crippen LogP) is 2.69. The number of carbonyl (C=O) groups is 2. The van der Waals surface area contributed by atoms with Crippen molar-refractivity contribution in [2.24, 2.45) is 11.8 Å². The maximum absolute atomic E-state index is 12.3. The third-order valence-electron chi connectivity index (χ3n) is 4.73. The SMILES string of the molecule is Cc1cc(NC(=O)C2CC2)sc1C(=O)NCC(O)C1CCCC1. The first-order valence-corrected chi connectivity index (χ1v) is 9.24. The smallest absolute Gasteiger partial charge is 0.261 e. The molecule has 2 aliphatic carbocycles. The van der Waals surface area contributed by atoms with Crippen LogP contribution in [-0.2, 0) is 4.79 Å². The normalized spacial score (nSPS) is 19.6. The van der Waals surface area contributed by atoms with Crippen molar-refractivity contribution in [1.29, 1.82) is 0 Å². The van der Waals surface area contributed by atoms with Gasteiger partial charge in [-0.05, 0) is 50.2 Å². The van der Waals surface area contributed by atoms with Crippen LogP contribution in [0.5, 0.6) is 0 Å². The van der Waals surface area contributed by atoms with E-state index in [1.807, 2.05) is 13.0 Å². The summed E-state index contributed by atoms with van der Waals surface area (Å²) in [6, 6.07) is 1.84. The second-order valence-corrected chi connectivity index (χ2v) is 7.76. The number of aliphatic hydroxyl groups excluding tert-OH is 1. The standard InChI is InChI=1S/C17H24N2O3S/c1-10-8-14(19-16(21)12-6-7-12)23-15(10)17(22)18-9-13(20)11-4-2-3-5-11/h8,11-13,20H,2-7,9H2,1H3,(H,18,22)(H,19,21). The summed E-state index contributed by atoms with van der Waals surface area (Å²) in [4.78, 5) is 24.7. The quantitative estimate of drug-likeness (QED) is 0.747. The third kappa shape index (κ3) is 4.12. The van der Waals surface area contributed by atoms with Crippen molar-refractivity contribution in [3.05, 3.63) is 16.5 Å². The molecule has 1 atom stereocenters. The van der Waals surface area contributed by atoms with Crippen LogP contribution in [0.4, 0.5) is 5.00 Å². The molecule has 2 fully saturated rings. The number of aliphatic hydroxyl groups is 1. The number of anilines is 1. The minimum Gasteiger partial charge on any atom is -0.391 e. The van der Waals surface area contributed by atoms with Gasteiger partial charge < -0.3 is 15.7 Å². The molecule has 6 heteroatoms. The number of carbonyl (C=O) groups excluding carboxylic acids is 2. The monoisotopic (exact) mass is 336 g/mol. The summed E-state index contributed by atoms with van der Waals surface area (Å²) in [6.45, 7) is 2.16. The molecule has 5 nitrogen and oxygen atoms in total. The molecule has 3 rings (SSSR count). The van der Waals surface area contributed by atoms with Crippen molar-refractivity contribution in [3.63, 3.8) is 0 Å². The van der Waals surface area contributed by atoms with Gasteiger partial charge in [0.05, 0.1) is 16.0 Å². The van der Waals surface area contributed by atoms with Gasteiger partial charge in [0.15, 0.2) is 0 Å². The third-order valence-corrected chi connectivity index (χ3v) is 5.89. The molecule has 2 saturated carbocycles. The molecule has 126 valence electrons. The Hall–Kier alpha value is -1.40. The van der Waals surface area contributed by atoms with E-state index in [9.17, 15) is 14.7 Å². The highest BCUT2D eigenvalue weighted by Gasteiger charge is 2.30. The van der Waals surface area contributed by atoms with Crippen LogP contribution in [0.1, 0.15) is 53.8 Å². The van der Waals surface area contributed by atoms with E-state index in [0.29, 0.717) is 17.3 Å². The lowest BCUT2D eigenvalue weighted by Crippen LogP contribution is -2.35. The molecule has 0 saturated heterocycles. The van der Waals surface area contributed by atoms with E-state index < -0.39 is 6.10 Å². The van der Waals surface area contributed by atoms with E-state index in [2.05, 4.69) is 10.6 Å². The molecule has 2 aliphatic rings. The Kier molecular flexibility index (Phi) is 5.02. The first kappa shape index (κ1) is 16.5. The summed E-state index contributed by atoms with van der Waals surface area (Å²) < 4.78 is 0. The Morgan fingerprint density at radius 2 is 2.00 bits per heavy atom. The maximum Gasteiger partial charge on any atom is 0.261 e. The Balaban J connectivity index is 1.53. The average molecular weight is 336 g/mol. The summed E-state index contributed by atoms with van der Waals surface area (Å²) in [5, 5.41) is 16.6. The predicted molar refractivity (Wildman–Crippen MR) is 90.7 cm³/mol. The fourth-order valence-electron chi connectivity index (χ4n) is 3.12. The van der Waals surface area contributed by atoms with Crippen LogP contribution < -0.4 is 10.6 Å². The van der Waals surface area contributed by atoms with Crippen molar-refractivity contribution in [2.45, 2.75) is 51.6 Å². The number of nitrogens with one attached hydrogen (secondary N) is 2. The lowest BCUT2D eigenvalue weighted by atomic mass is 10.0. The van der Waals surface area contributed by atoms with Crippen LogP contribution in [-0.4, -0.2) is 29.6 Å². The number of thiophene rings is 1. The Morgan fingerprint density at radius 1 is 1.30 bits per heavy atom. The molecule has 0 radical (unpaired) electrons. The van der Waals surface area contributed by atoms with Crippen LogP contribution >= 0.6 is 11.3 Å². The molecule has 0 aliphatic heterocycles. The summed E-state index contributed by atoms with van der Waals surface area (Å²) in [6.07, 6.45) is 5.90. The Bertz CT molecular complexity index is 589. The number of hydrogen-bond donors (Lipinski definition) is 3. The molecule has 23 heavy (non-hydrogen) atoms. The van der Waals surface area contributed by atoms with E-state index in [0.717, 1.165) is 36.2 Å². The van der Waals surface area contributed by atoms with Gasteiger partial charge in [-0.3, -0.25) is 9.59 Å². The van der Waals surface area contributed by atoms with E-state index in [1.165, 1.54) is 24.2 Å². The van der Waals surface area contributed by atoms with Crippen molar-refractivity contribution in [1.82, 2.24) is 5.32 Å². The van der Waals surface area contributed by atoms with Crippen molar-refractivity contribution < 1.29 is 14.7 Å². The summed E-state index contributed by atoms with van der Waals surface area (Å²) >= 11 is 1.30. The molecule has 1 aromatic rings. The van der Waals surface area contributed by atoms with Crippen LogP contribution in [0.15, 0.2) is 6.07 Å². The van der Waals surface area contributed by atoms with Crippen molar-refractivity contribution in [2.75, 3.05) is 11.9 Å². The number of amides is 2. The average Bonchev–Trinajstić information content (AvgIpc) is 3.11. The van der Waals surface area contributed by atoms with Gasteiger partial charge in [-0.15, -0.1) is 11.3 Å². The fourth-order valence-corrected chi connectivity index (χ4v) is 4.12. The van der Waals surface area contributed by atoms with Gasteiger partial charge in [-0.2, -0.15) is 0 Å². The molecule has 1 heterocycles. The highest BCUT2D eigenvalue weighted by molar-refractivity contribution is 7.18. The first-order valence-electron chi connectivity index (χ1n) is 8.42. The zero-order valence-corrected chi connectivity index (χ0v) is 14.2. The second-order valence-electron chi connectivity index (χ2n) is 6.71. The fraction of sp³-hybridized carbons (Fsp3) is 0.647. The molecule has 2 amide bonds. The highest BCUT2D eigenvalue weighted by Crippen LogP contribution is 2.33. The minimum atomic E-state index is -0.462. The molecular weight excluding hydrogens is 312 g/mol. The lowest BCUT2D eigenvalue weighted by molar-refractivity contribution is -0.117. The molecular formula is C17H24N2O3S. The largest absolute Gasteiger partial charge is 0.391 e.